The number of carboxylic acid groups (broad SMARTS) is 1. The summed E-state index contributed by atoms with van der Waals surface area (Å²) in [5.74, 6) is 0. The lowest BCUT2D eigenvalue weighted by molar-refractivity contribution is 0.109. The van der Waals surface area contributed by atoms with Crippen molar-refractivity contribution in [3.8, 4) is 6.07 Å². The van der Waals surface area contributed by atoms with Crippen LogP contribution in [-0.4, -0.2) is 53.7 Å². The summed E-state index contributed by atoms with van der Waals surface area (Å²) in [5, 5.41) is 17.2. The molecule has 0 atom stereocenters. The molecular formula is C9H15N3O2. The zero-order valence-corrected chi connectivity index (χ0v) is 8.31. The number of amides is 1. The van der Waals surface area contributed by atoms with Gasteiger partial charge in [-0.2, -0.15) is 5.26 Å². The van der Waals surface area contributed by atoms with Crippen molar-refractivity contribution >= 4 is 6.09 Å². The van der Waals surface area contributed by atoms with Crippen LogP contribution in [0.15, 0.2) is 0 Å². The molecule has 0 bridgehead atoms. The van der Waals surface area contributed by atoms with Crippen LogP contribution in [0.2, 0.25) is 0 Å². The molecular weight excluding hydrogens is 182 g/mol. The van der Waals surface area contributed by atoms with Crippen LogP contribution in [0, 0.1) is 11.3 Å². The van der Waals surface area contributed by atoms with E-state index in [1.165, 1.54) is 4.90 Å². The Bertz CT molecular complexity index is 241. The molecule has 1 heterocycles. The average molecular weight is 197 g/mol. The van der Waals surface area contributed by atoms with Gasteiger partial charge in [-0.25, -0.2) is 4.79 Å². The first-order chi connectivity index (χ1) is 6.65. The fraction of sp³-hybridized carbons (Fsp3) is 0.778. The molecule has 1 fully saturated rings. The Hall–Kier alpha value is -1.28. The van der Waals surface area contributed by atoms with E-state index in [2.05, 4.69) is 6.07 Å². The highest BCUT2D eigenvalue weighted by Crippen LogP contribution is 2.14. The van der Waals surface area contributed by atoms with Gasteiger partial charge in [0.1, 0.15) is 0 Å². The SMILES string of the molecule is CN(C(=O)O)C1CCN(CC#N)CC1. The van der Waals surface area contributed by atoms with Gasteiger partial charge < -0.3 is 10.0 Å². The van der Waals surface area contributed by atoms with Crippen molar-refractivity contribution in [2.24, 2.45) is 0 Å². The van der Waals surface area contributed by atoms with Gasteiger partial charge in [-0.3, -0.25) is 4.90 Å². The highest BCUT2D eigenvalue weighted by Gasteiger charge is 2.24. The second-order valence-electron chi connectivity index (χ2n) is 3.56. The molecule has 1 aliphatic heterocycles. The van der Waals surface area contributed by atoms with E-state index in [4.69, 9.17) is 10.4 Å². The minimum atomic E-state index is -0.872. The first-order valence-electron chi connectivity index (χ1n) is 4.70. The molecule has 1 rings (SSSR count). The van der Waals surface area contributed by atoms with Gasteiger partial charge in [0.05, 0.1) is 12.6 Å². The summed E-state index contributed by atoms with van der Waals surface area (Å²) >= 11 is 0. The molecule has 1 saturated heterocycles. The van der Waals surface area contributed by atoms with E-state index in [-0.39, 0.29) is 6.04 Å². The monoisotopic (exact) mass is 197 g/mol. The lowest BCUT2D eigenvalue weighted by atomic mass is 10.0. The average Bonchev–Trinajstić information content (AvgIpc) is 2.18. The Kier molecular flexibility index (Phi) is 3.72. The van der Waals surface area contributed by atoms with Crippen LogP contribution in [0.5, 0.6) is 0 Å². The third-order valence-electron chi connectivity index (χ3n) is 2.70. The van der Waals surface area contributed by atoms with Crippen molar-refractivity contribution in [1.82, 2.24) is 9.80 Å². The topological polar surface area (TPSA) is 67.6 Å². The molecule has 0 aromatic carbocycles. The van der Waals surface area contributed by atoms with Crippen molar-refractivity contribution in [3.63, 3.8) is 0 Å². The quantitative estimate of drug-likeness (QED) is 0.658. The summed E-state index contributed by atoms with van der Waals surface area (Å²) in [6, 6.07) is 2.21. The molecule has 0 spiro atoms. The van der Waals surface area contributed by atoms with Crippen molar-refractivity contribution in [3.05, 3.63) is 0 Å². The van der Waals surface area contributed by atoms with Gasteiger partial charge in [-0.05, 0) is 12.8 Å². The molecule has 78 valence electrons. The van der Waals surface area contributed by atoms with Crippen LogP contribution in [0.3, 0.4) is 0 Å². The van der Waals surface area contributed by atoms with Crippen molar-refractivity contribution in [2.45, 2.75) is 18.9 Å². The van der Waals surface area contributed by atoms with Crippen molar-refractivity contribution in [2.75, 3.05) is 26.7 Å². The van der Waals surface area contributed by atoms with Gasteiger partial charge in [-0.1, -0.05) is 0 Å². The summed E-state index contributed by atoms with van der Waals surface area (Å²) < 4.78 is 0. The maximum atomic E-state index is 10.7. The zero-order chi connectivity index (χ0) is 10.6. The van der Waals surface area contributed by atoms with Crippen molar-refractivity contribution < 1.29 is 9.90 Å². The van der Waals surface area contributed by atoms with Gasteiger partial charge in [-0.15, -0.1) is 0 Å². The third kappa shape index (κ3) is 2.60. The van der Waals surface area contributed by atoms with Crippen LogP contribution in [0.25, 0.3) is 0 Å². The Labute approximate surface area is 83.5 Å². The number of likely N-dealkylation sites (tertiary alicyclic amines) is 1. The Morgan fingerprint density at radius 1 is 1.64 bits per heavy atom. The standard InChI is InChI=1S/C9H15N3O2/c1-11(9(13)14)8-2-5-12(6-3-8)7-4-10/h8H,2-3,5-7H2,1H3,(H,13,14). The molecule has 0 unspecified atom stereocenters. The summed E-state index contributed by atoms with van der Waals surface area (Å²) in [6.07, 6.45) is 0.776. The van der Waals surface area contributed by atoms with Crippen molar-refractivity contribution in [1.29, 1.82) is 5.26 Å². The zero-order valence-electron chi connectivity index (χ0n) is 8.31. The molecule has 0 aromatic rings. The van der Waals surface area contributed by atoms with Gasteiger partial charge in [0.2, 0.25) is 0 Å². The number of rotatable bonds is 2. The van der Waals surface area contributed by atoms with E-state index < -0.39 is 6.09 Å². The van der Waals surface area contributed by atoms with Crippen LogP contribution >= 0.6 is 0 Å². The normalized spacial score (nSPS) is 18.9. The highest BCUT2D eigenvalue weighted by molar-refractivity contribution is 5.64. The van der Waals surface area contributed by atoms with Crippen LogP contribution < -0.4 is 0 Å². The second kappa shape index (κ2) is 4.82. The Morgan fingerprint density at radius 2 is 2.21 bits per heavy atom. The lowest BCUT2D eigenvalue weighted by Crippen LogP contribution is -2.45. The summed E-state index contributed by atoms with van der Waals surface area (Å²) in [5.41, 5.74) is 0. The van der Waals surface area contributed by atoms with Gasteiger partial charge in [0, 0.05) is 26.2 Å². The van der Waals surface area contributed by atoms with E-state index in [0.717, 1.165) is 25.9 Å². The molecule has 0 radical (unpaired) electrons. The minimum absolute atomic E-state index is 0.113. The van der Waals surface area contributed by atoms with E-state index in [1.54, 1.807) is 7.05 Å². The smallest absolute Gasteiger partial charge is 0.407 e. The number of carbonyl (C=O) groups is 1. The Morgan fingerprint density at radius 3 is 2.64 bits per heavy atom. The molecule has 5 heteroatoms. The largest absolute Gasteiger partial charge is 0.465 e. The number of hydrogen-bond donors (Lipinski definition) is 1. The molecule has 14 heavy (non-hydrogen) atoms. The fourth-order valence-electron chi connectivity index (χ4n) is 1.72. The van der Waals surface area contributed by atoms with E-state index in [0.29, 0.717) is 6.54 Å². The minimum Gasteiger partial charge on any atom is -0.465 e. The summed E-state index contributed by atoms with van der Waals surface area (Å²) in [4.78, 5) is 14.1. The van der Waals surface area contributed by atoms with E-state index >= 15 is 0 Å². The predicted molar refractivity (Wildman–Crippen MR) is 50.9 cm³/mol. The third-order valence-corrected chi connectivity index (χ3v) is 2.70. The molecule has 1 N–H and O–H groups in total. The molecule has 1 aliphatic rings. The molecule has 5 nitrogen and oxygen atoms in total. The highest BCUT2D eigenvalue weighted by atomic mass is 16.4. The molecule has 0 aliphatic carbocycles. The summed E-state index contributed by atoms with van der Waals surface area (Å²) in [7, 11) is 1.60. The predicted octanol–water partition coefficient (Wildman–Crippen LogP) is 0.584. The van der Waals surface area contributed by atoms with E-state index in [1.807, 2.05) is 4.90 Å². The van der Waals surface area contributed by atoms with E-state index in [9.17, 15) is 4.79 Å². The maximum Gasteiger partial charge on any atom is 0.407 e. The number of nitrogens with zero attached hydrogens (tertiary/aromatic N) is 3. The van der Waals surface area contributed by atoms with Crippen LogP contribution in [0.4, 0.5) is 4.79 Å². The maximum absolute atomic E-state index is 10.7. The number of nitriles is 1. The fourth-order valence-corrected chi connectivity index (χ4v) is 1.72. The van der Waals surface area contributed by atoms with Crippen LogP contribution in [-0.2, 0) is 0 Å². The van der Waals surface area contributed by atoms with Gasteiger partial charge >= 0.3 is 6.09 Å². The van der Waals surface area contributed by atoms with Gasteiger partial charge in [0.15, 0.2) is 0 Å². The molecule has 0 aromatic heterocycles. The first-order valence-corrected chi connectivity index (χ1v) is 4.70. The number of piperidine rings is 1. The molecule has 0 saturated carbocycles. The lowest BCUT2D eigenvalue weighted by Gasteiger charge is -2.34. The second-order valence-corrected chi connectivity index (χ2v) is 3.56. The van der Waals surface area contributed by atoms with Crippen LogP contribution in [0.1, 0.15) is 12.8 Å². The van der Waals surface area contributed by atoms with Gasteiger partial charge in [0.25, 0.3) is 0 Å². The summed E-state index contributed by atoms with van der Waals surface area (Å²) in [6.45, 7) is 2.08. The molecule has 1 amide bonds. The Balaban J connectivity index is 2.36. The number of hydrogen-bond acceptors (Lipinski definition) is 3. The first kappa shape index (κ1) is 10.8.